The lowest BCUT2D eigenvalue weighted by Gasteiger charge is -2.18. The van der Waals surface area contributed by atoms with Crippen LogP contribution >= 0.6 is 0 Å². The summed E-state index contributed by atoms with van der Waals surface area (Å²) in [6.45, 7) is 1.50. The highest BCUT2D eigenvalue weighted by molar-refractivity contribution is 6.07. The maximum Gasteiger partial charge on any atom is 0.240 e. The fourth-order valence-corrected chi connectivity index (χ4v) is 3.29. The van der Waals surface area contributed by atoms with Gasteiger partial charge in [-0.25, -0.2) is 4.39 Å². The van der Waals surface area contributed by atoms with E-state index in [1.54, 1.807) is 19.1 Å². The van der Waals surface area contributed by atoms with E-state index < -0.39 is 5.91 Å². The number of nitrogens with one attached hydrogen (secondary N) is 1. The van der Waals surface area contributed by atoms with Gasteiger partial charge in [0, 0.05) is 0 Å². The molecule has 1 aliphatic heterocycles. The smallest absolute Gasteiger partial charge is 0.240 e. The van der Waals surface area contributed by atoms with Crippen LogP contribution in [0.3, 0.4) is 0 Å². The first-order valence-electron chi connectivity index (χ1n) is 8.02. The van der Waals surface area contributed by atoms with Gasteiger partial charge in [0.25, 0.3) is 0 Å². The molecule has 3 rings (SSSR count). The van der Waals surface area contributed by atoms with Crippen LogP contribution in [0.1, 0.15) is 31.4 Å². The number of imide groups is 1. The summed E-state index contributed by atoms with van der Waals surface area (Å²) in [6, 6.07) is 5.49. The number of carbonyl (C=O) groups excluding carboxylic acids is 3. The summed E-state index contributed by atoms with van der Waals surface area (Å²) in [5.74, 6) is -1.94. The van der Waals surface area contributed by atoms with Crippen LogP contribution in [-0.4, -0.2) is 29.2 Å². The summed E-state index contributed by atoms with van der Waals surface area (Å²) in [7, 11) is 0. The second-order valence-electron chi connectivity index (χ2n) is 6.26. The molecule has 0 radical (unpaired) electrons. The van der Waals surface area contributed by atoms with Crippen LogP contribution in [0.15, 0.2) is 36.4 Å². The molecule has 6 heteroatoms. The van der Waals surface area contributed by atoms with Gasteiger partial charge < -0.3 is 5.32 Å². The van der Waals surface area contributed by atoms with Crippen molar-refractivity contribution in [2.45, 2.75) is 25.8 Å². The van der Waals surface area contributed by atoms with Crippen molar-refractivity contribution >= 4 is 17.7 Å². The Bertz CT molecular complexity index is 673. The fraction of sp³-hybridized carbons (Fsp3) is 0.389. The molecular weight excluding hydrogens is 311 g/mol. The van der Waals surface area contributed by atoms with Gasteiger partial charge in [-0.1, -0.05) is 24.3 Å². The largest absolute Gasteiger partial charge is 0.348 e. The van der Waals surface area contributed by atoms with Crippen LogP contribution in [0.4, 0.5) is 4.39 Å². The Kier molecular flexibility index (Phi) is 4.46. The number of carbonyl (C=O) groups is 3. The van der Waals surface area contributed by atoms with Gasteiger partial charge in [0.2, 0.25) is 17.7 Å². The summed E-state index contributed by atoms with van der Waals surface area (Å²) >= 11 is 0. The monoisotopic (exact) mass is 330 g/mol. The molecule has 1 fully saturated rings. The second-order valence-corrected chi connectivity index (χ2v) is 6.26. The highest BCUT2D eigenvalue weighted by atomic mass is 19.1. The van der Waals surface area contributed by atoms with E-state index in [9.17, 15) is 18.8 Å². The van der Waals surface area contributed by atoms with Crippen molar-refractivity contribution in [2.75, 3.05) is 6.54 Å². The Labute approximate surface area is 139 Å². The lowest BCUT2D eigenvalue weighted by molar-refractivity contribution is -0.143. The van der Waals surface area contributed by atoms with E-state index in [4.69, 9.17) is 0 Å². The van der Waals surface area contributed by atoms with Crippen LogP contribution < -0.4 is 5.32 Å². The molecule has 1 N–H and O–H groups in total. The zero-order valence-electron chi connectivity index (χ0n) is 13.4. The van der Waals surface area contributed by atoms with E-state index in [-0.39, 0.29) is 42.1 Å². The molecule has 1 heterocycles. The van der Waals surface area contributed by atoms with Crippen LogP contribution in [-0.2, 0) is 14.4 Å². The summed E-state index contributed by atoms with van der Waals surface area (Å²) in [5, 5.41) is 2.74. The van der Waals surface area contributed by atoms with Crippen molar-refractivity contribution in [1.29, 1.82) is 0 Å². The van der Waals surface area contributed by atoms with Crippen molar-refractivity contribution in [2.24, 2.45) is 11.8 Å². The molecule has 0 aromatic heterocycles. The number of benzene rings is 1. The summed E-state index contributed by atoms with van der Waals surface area (Å²) < 4.78 is 12.9. The third-order valence-corrected chi connectivity index (χ3v) is 4.65. The van der Waals surface area contributed by atoms with Crippen molar-refractivity contribution in [1.82, 2.24) is 10.2 Å². The summed E-state index contributed by atoms with van der Waals surface area (Å²) in [5.41, 5.74) is 0.752. The minimum atomic E-state index is -0.403. The van der Waals surface area contributed by atoms with Gasteiger partial charge in [0.1, 0.15) is 12.4 Å². The van der Waals surface area contributed by atoms with Gasteiger partial charge >= 0.3 is 0 Å². The normalized spacial score (nSPS) is 24.0. The first-order valence-corrected chi connectivity index (χ1v) is 8.02. The fourth-order valence-electron chi connectivity index (χ4n) is 3.29. The molecule has 0 saturated carbocycles. The lowest BCUT2D eigenvalue weighted by atomic mass is 9.85. The molecule has 126 valence electrons. The van der Waals surface area contributed by atoms with Crippen molar-refractivity contribution in [3.8, 4) is 0 Å². The topological polar surface area (TPSA) is 66.5 Å². The van der Waals surface area contributed by atoms with E-state index in [1.807, 2.05) is 12.2 Å². The maximum atomic E-state index is 12.9. The number of fused-ring (bicyclic) bond motifs is 1. The first-order chi connectivity index (χ1) is 11.5. The Morgan fingerprint density at radius 2 is 1.71 bits per heavy atom. The predicted molar refractivity (Wildman–Crippen MR) is 85.0 cm³/mol. The quantitative estimate of drug-likeness (QED) is 0.678. The minimum absolute atomic E-state index is 0.265. The Morgan fingerprint density at radius 3 is 2.25 bits per heavy atom. The molecule has 2 aliphatic rings. The molecule has 24 heavy (non-hydrogen) atoms. The molecule has 3 atom stereocenters. The van der Waals surface area contributed by atoms with E-state index in [1.165, 1.54) is 12.1 Å². The molecule has 1 saturated heterocycles. The Balaban J connectivity index is 1.61. The zero-order valence-corrected chi connectivity index (χ0v) is 13.4. The molecule has 0 spiro atoms. The Hall–Kier alpha value is -2.50. The molecule has 5 nitrogen and oxygen atoms in total. The first kappa shape index (κ1) is 16.4. The number of rotatable bonds is 4. The standard InChI is InChI=1S/C18H19FN2O3/c1-11(12-6-8-13(19)9-7-12)20-16(22)10-21-17(23)14-4-2-3-5-15(14)18(21)24/h2-3,6-9,11,14-15H,4-5,10H2,1H3,(H,20,22)/t11-,14+,15+/m0/s1. The van der Waals surface area contributed by atoms with Gasteiger partial charge in [0.15, 0.2) is 0 Å². The number of amides is 3. The van der Waals surface area contributed by atoms with Crippen molar-refractivity contribution in [3.05, 3.63) is 47.8 Å². The third kappa shape index (κ3) is 3.09. The van der Waals surface area contributed by atoms with E-state index in [0.29, 0.717) is 12.8 Å². The van der Waals surface area contributed by atoms with E-state index in [0.717, 1.165) is 10.5 Å². The molecule has 1 aromatic carbocycles. The van der Waals surface area contributed by atoms with Gasteiger partial charge in [-0.3, -0.25) is 19.3 Å². The molecular formula is C18H19FN2O3. The average Bonchev–Trinajstić information content (AvgIpc) is 2.81. The Morgan fingerprint density at radius 1 is 1.17 bits per heavy atom. The van der Waals surface area contributed by atoms with E-state index >= 15 is 0 Å². The highest BCUT2D eigenvalue weighted by Crippen LogP contribution is 2.34. The SMILES string of the molecule is C[C@H](NC(=O)CN1C(=O)[C@@H]2CC=CC[C@H]2C1=O)c1ccc(F)cc1. The molecule has 1 aliphatic carbocycles. The molecule has 0 unspecified atom stereocenters. The molecule has 3 amide bonds. The minimum Gasteiger partial charge on any atom is -0.348 e. The number of likely N-dealkylation sites (tertiary alicyclic amines) is 1. The summed E-state index contributed by atoms with van der Waals surface area (Å²) in [6.07, 6.45) is 4.93. The van der Waals surface area contributed by atoms with Gasteiger partial charge in [-0.2, -0.15) is 0 Å². The summed E-state index contributed by atoms with van der Waals surface area (Å²) in [4.78, 5) is 37.9. The number of allylic oxidation sites excluding steroid dienone is 2. The third-order valence-electron chi connectivity index (χ3n) is 4.65. The van der Waals surface area contributed by atoms with Gasteiger partial charge in [-0.15, -0.1) is 0 Å². The predicted octanol–water partition coefficient (Wildman–Crippen LogP) is 1.95. The number of halogens is 1. The molecule has 1 aromatic rings. The van der Waals surface area contributed by atoms with Crippen molar-refractivity contribution in [3.63, 3.8) is 0 Å². The lowest BCUT2D eigenvalue weighted by Crippen LogP contribution is -2.41. The maximum absolute atomic E-state index is 12.9. The van der Waals surface area contributed by atoms with Crippen LogP contribution in [0.5, 0.6) is 0 Å². The number of hydrogen-bond acceptors (Lipinski definition) is 3. The van der Waals surface area contributed by atoms with Crippen LogP contribution in [0.2, 0.25) is 0 Å². The van der Waals surface area contributed by atoms with Crippen LogP contribution in [0, 0.1) is 17.7 Å². The second kappa shape index (κ2) is 6.55. The van der Waals surface area contributed by atoms with Gasteiger partial charge in [-0.05, 0) is 37.5 Å². The molecule has 0 bridgehead atoms. The van der Waals surface area contributed by atoms with Crippen molar-refractivity contribution < 1.29 is 18.8 Å². The number of nitrogens with zero attached hydrogens (tertiary/aromatic N) is 1. The average molecular weight is 330 g/mol. The number of hydrogen-bond donors (Lipinski definition) is 1. The van der Waals surface area contributed by atoms with E-state index in [2.05, 4.69) is 5.32 Å². The van der Waals surface area contributed by atoms with Gasteiger partial charge in [0.05, 0.1) is 17.9 Å². The van der Waals surface area contributed by atoms with Crippen LogP contribution in [0.25, 0.3) is 0 Å². The highest BCUT2D eigenvalue weighted by Gasteiger charge is 2.47. The zero-order chi connectivity index (χ0) is 17.3.